The van der Waals surface area contributed by atoms with Gasteiger partial charge < -0.3 is 11.1 Å². The van der Waals surface area contributed by atoms with Gasteiger partial charge in [-0.15, -0.1) is 11.3 Å². The van der Waals surface area contributed by atoms with E-state index in [1.807, 2.05) is 43.5 Å². The lowest BCUT2D eigenvalue weighted by Gasteiger charge is -2.13. The number of nitrogens with zero attached hydrogens (tertiary/aromatic N) is 1. The van der Waals surface area contributed by atoms with Gasteiger partial charge in [-0.3, -0.25) is 4.79 Å². The molecule has 2 unspecified atom stereocenters. The first-order valence-corrected chi connectivity index (χ1v) is 7.92. The summed E-state index contributed by atoms with van der Waals surface area (Å²) in [5.41, 5.74) is 7.58. The van der Waals surface area contributed by atoms with Gasteiger partial charge in [-0.2, -0.15) is 0 Å². The Morgan fingerprint density at radius 3 is 2.85 bits per heavy atom. The van der Waals surface area contributed by atoms with Crippen molar-refractivity contribution in [2.45, 2.75) is 19.9 Å². The fraction of sp³-hybridized carbons (Fsp3) is 0.286. The first-order chi connectivity index (χ1) is 9.47. The lowest BCUT2D eigenvalue weighted by atomic mass is 10.0. The van der Waals surface area contributed by atoms with Crippen LogP contribution in [0.2, 0.25) is 0 Å². The number of aromatic nitrogens is 1. The van der Waals surface area contributed by atoms with Crippen molar-refractivity contribution in [3.8, 4) is 11.3 Å². The molecular weight excluding hydrogens is 338 g/mol. The summed E-state index contributed by atoms with van der Waals surface area (Å²) in [6.07, 6.45) is 0. The second kappa shape index (κ2) is 6.47. The second-order valence-corrected chi connectivity index (χ2v) is 6.46. The minimum atomic E-state index is -0.242. The van der Waals surface area contributed by atoms with Crippen LogP contribution in [0.15, 0.2) is 34.1 Å². The van der Waals surface area contributed by atoms with Crippen LogP contribution in [0.5, 0.6) is 0 Å². The highest BCUT2D eigenvalue weighted by Crippen LogP contribution is 2.27. The number of carbonyl (C=O) groups is 1. The summed E-state index contributed by atoms with van der Waals surface area (Å²) in [7, 11) is 0. The Balaban J connectivity index is 2.12. The van der Waals surface area contributed by atoms with Crippen LogP contribution in [-0.4, -0.2) is 16.9 Å². The third kappa shape index (κ3) is 3.65. The average Bonchev–Trinajstić information content (AvgIpc) is 2.86. The molecule has 6 heteroatoms. The summed E-state index contributed by atoms with van der Waals surface area (Å²) >= 11 is 4.84. The quantitative estimate of drug-likeness (QED) is 0.883. The SMILES string of the molecule is CC(N)C(C)C(=O)Nc1nc(-c2cccc(Br)c2)cs1. The molecule has 106 valence electrons. The van der Waals surface area contributed by atoms with Crippen molar-refractivity contribution in [2.75, 3.05) is 5.32 Å². The lowest BCUT2D eigenvalue weighted by Crippen LogP contribution is -2.34. The highest BCUT2D eigenvalue weighted by Gasteiger charge is 2.18. The third-order valence-electron chi connectivity index (χ3n) is 3.06. The van der Waals surface area contributed by atoms with Crippen molar-refractivity contribution in [2.24, 2.45) is 11.7 Å². The molecule has 1 heterocycles. The summed E-state index contributed by atoms with van der Waals surface area (Å²) in [6, 6.07) is 7.71. The maximum absolute atomic E-state index is 11.9. The predicted molar refractivity (Wildman–Crippen MR) is 86.7 cm³/mol. The van der Waals surface area contributed by atoms with E-state index in [0.29, 0.717) is 5.13 Å². The number of thiazole rings is 1. The third-order valence-corrected chi connectivity index (χ3v) is 4.31. The van der Waals surface area contributed by atoms with Crippen molar-refractivity contribution in [1.82, 2.24) is 4.98 Å². The zero-order valence-electron chi connectivity index (χ0n) is 11.3. The summed E-state index contributed by atoms with van der Waals surface area (Å²) in [5.74, 6) is -0.344. The molecular formula is C14H16BrN3OS. The summed E-state index contributed by atoms with van der Waals surface area (Å²) < 4.78 is 0.999. The van der Waals surface area contributed by atoms with E-state index in [1.165, 1.54) is 11.3 Å². The molecule has 0 saturated heterocycles. The first kappa shape index (κ1) is 15.2. The number of amides is 1. The summed E-state index contributed by atoms with van der Waals surface area (Å²) in [4.78, 5) is 16.4. The standard InChI is InChI=1S/C14H16BrN3OS/c1-8(9(2)16)13(19)18-14-17-12(7-20-14)10-4-3-5-11(15)6-10/h3-9H,16H2,1-2H3,(H,17,18,19). The van der Waals surface area contributed by atoms with Crippen molar-refractivity contribution in [3.63, 3.8) is 0 Å². The lowest BCUT2D eigenvalue weighted by molar-refractivity contribution is -0.119. The Kier molecular flexibility index (Phi) is 4.91. The van der Waals surface area contributed by atoms with Gasteiger partial charge in [0.2, 0.25) is 5.91 Å². The molecule has 0 bridgehead atoms. The topological polar surface area (TPSA) is 68.0 Å². The Morgan fingerprint density at radius 2 is 2.20 bits per heavy atom. The zero-order chi connectivity index (χ0) is 14.7. The van der Waals surface area contributed by atoms with Gasteiger partial charge in [0.15, 0.2) is 5.13 Å². The zero-order valence-corrected chi connectivity index (χ0v) is 13.7. The van der Waals surface area contributed by atoms with Gasteiger partial charge in [-0.25, -0.2) is 4.98 Å². The number of carbonyl (C=O) groups excluding carboxylic acids is 1. The van der Waals surface area contributed by atoms with E-state index in [1.54, 1.807) is 0 Å². The number of hydrogen-bond donors (Lipinski definition) is 2. The largest absolute Gasteiger partial charge is 0.327 e. The molecule has 0 fully saturated rings. The summed E-state index contributed by atoms with van der Waals surface area (Å²) in [6.45, 7) is 3.63. The van der Waals surface area contributed by atoms with Crippen molar-refractivity contribution < 1.29 is 4.79 Å². The molecule has 0 aliphatic carbocycles. The van der Waals surface area contributed by atoms with Crippen LogP contribution in [-0.2, 0) is 4.79 Å². The van der Waals surface area contributed by atoms with Crippen LogP contribution in [0, 0.1) is 5.92 Å². The van der Waals surface area contributed by atoms with Gasteiger partial charge >= 0.3 is 0 Å². The summed E-state index contributed by atoms with van der Waals surface area (Å²) in [5, 5.41) is 5.32. The fourth-order valence-electron chi connectivity index (χ4n) is 1.57. The number of rotatable bonds is 4. The van der Waals surface area contributed by atoms with E-state index >= 15 is 0 Å². The molecule has 0 radical (unpaired) electrons. The van der Waals surface area contributed by atoms with Crippen molar-refractivity contribution in [1.29, 1.82) is 0 Å². The van der Waals surface area contributed by atoms with Gasteiger partial charge in [0.25, 0.3) is 0 Å². The number of nitrogens with two attached hydrogens (primary N) is 1. The molecule has 2 atom stereocenters. The highest BCUT2D eigenvalue weighted by atomic mass is 79.9. The maximum Gasteiger partial charge on any atom is 0.230 e. The number of hydrogen-bond acceptors (Lipinski definition) is 4. The molecule has 4 nitrogen and oxygen atoms in total. The maximum atomic E-state index is 11.9. The van der Waals surface area contributed by atoms with E-state index in [0.717, 1.165) is 15.7 Å². The second-order valence-electron chi connectivity index (χ2n) is 4.69. The average molecular weight is 354 g/mol. The Hall–Kier alpha value is -1.24. The predicted octanol–water partition coefficient (Wildman–Crippen LogP) is 3.49. The molecule has 0 aliphatic heterocycles. The molecule has 0 spiro atoms. The molecule has 3 N–H and O–H groups in total. The molecule has 1 aromatic carbocycles. The van der Waals surface area contributed by atoms with Gasteiger partial charge in [-0.05, 0) is 19.1 Å². The molecule has 1 amide bonds. The Morgan fingerprint density at radius 1 is 1.45 bits per heavy atom. The van der Waals surface area contributed by atoms with Crippen LogP contribution in [0.25, 0.3) is 11.3 Å². The van der Waals surface area contributed by atoms with E-state index in [4.69, 9.17) is 5.73 Å². The normalized spacial score (nSPS) is 13.8. The van der Waals surface area contributed by atoms with Gasteiger partial charge in [0.1, 0.15) is 0 Å². The van der Waals surface area contributed by atoms with Crippen LogP contribution < -0.4 is 11.1 Å². The number of anilines is 1. The molecule has 2 aromatic rings. The highest BCUT2D eigenvalue weighted by molar-refractivity contribution is 9.10. The van der Waals surface area contributed by atoms with Crippen molar-refractivity contribution >= 4 is 38.3 Å². The molecule has 20 heavy (non-hydrogen) atoms. The molecule has 2 rings (SSSR count). The smallest absolute Gasteiger partial charge is 0.230 e. The van der Waals surface area contributed by atoms with Crippen LogP contribution in [0.4, 0.5) is 5.13 Å². The van der Waals surface area contributed by atoms with E-state index < -0.39 is 0 Å². The minimum absolute atomic E-state index is 0.102. The number of halogens is 1. The van der Waals surface area contributed by atoms with Gasteiger partial charge in [-0.1, -0.05) is 35.0 Å². The molecule has 1 aromatic heterocycles. The van der Waals surface area contributed by atoms with Crippen molar-refractivity contribution in [3.05, 3.63) is 34.1 Å². The van der Waals surface area contributed by atoms with E-state index in [9.17, 15) is 4.79 Å². The molecule has 0 aliphatic rings. The monoisotopic (exact) mass is 353 g/mol. The molecule has 0 saturated carbocycles. The minimum Gasteiger partial charge on any atom is -0.327 e. The Labute approximate surface area is 130 Å². The van der Waals surface area contributed by atoms with Crippen LogP contribution in [0.3, 0.4) is 0 Å². The van der Waals surface area contributed by atoms with Crippen LogP contribution >= 0.6 is 27.3 Å². The fourth-order valence-corrected chi connectivity index (χ4v) is 2.69. The van der Waals surface area contributed by atoms with Gasteiger partial charge in [0, 0.05) is 21.5 Å². The first-order valence-electron chi connectivity index (χ1n) is 6.25. The van der Waals surface area contributed by atoms with E-state index in [-0.39, 0.29) is 17.9 Å². The Bertz CT molecular complexity index is 612. The van der Waals surface area contributed by atoms with E-state index in [2.05, 4.69) is 26.2 Å². The number of nitrogens with one attached hydrogen (secondary N) is 1. The van der Waals surface area contributed by atoms with Gasteiger partial charge in [0.05, 0.1) is 11.6 Å². The van der Waals surface area contributed by atoms with Crippen LogP contribution in [0.1, 0.15) is 13.8 Å². The number of benzene rings is 1.